The minimum atomic E-state index is 0.244. The van der Waals surface area contributed by atoms with Gasteiger partial charge in [0.1, 0.15) is 0 Å². The van der Waals surface area contributed by atoms with Crippen LogP contribution in [-0.2, 0) is 4.74 Å². The third-order valence-corrected chi connectivity index (χ3v) is 2.28. The highest BCUT2D eigenvalue weighted by Crippen LogP contribution is 2.03. The zero-order valence-corrected chi connectivity index (χ0v) is 8.53. The van der Waals surface area contributed by atoms with Crippen LogP contribution in [0.3, 0.4) is 0 Å². The average Bonchev–Trinajstić information content (AvgIpc) is 2.02. The smallest absolute Gasteiger partial charge is 0.0949 e. The van der Waals surface area contributed by atoms with Crippen molar-refractivity contribution in [2.24, 2.45) is 0 Å². The summed E-state index contributed by atoms with van der Waals surface area (Å²) in [6.07, 6.45) is 2.32. The molecule has 1 N–H and O–H groups in total. The number of unbranched alkanes of at least 4 members (excludes halogenated alkanes) is 1. The van der Waals surface area contributed by atoms with E-state index >= 15 is 0 Å². The first-order valence-electron chi connectivity index (χ1n) is 4.29. The summed E-state index contributed by atoms with van der Waals surface area (Å²) in [5.74, 6) is 1.80. The van der Waals surface area contributed by atoms with E-state index in [1.54, 1.807) is 11.8 Å². The van der Waals surface area contributed by atoms with Gasteiger partial charge in [-0.05, 0) is 6.42 Å². The van der Waals surface area contributed by atoms with Gasteiger partial charge in [-0.1, -0.05) is 19.9 Å². The number of aliphatic hydroxyl groups excluding tert-OH is 1. The van der Waals surface area contributed by atoms with Gasteiger partial charge in [0, 0.05) is 12.4 Å². The number of aliphatic hydroxyl groups is 1. The number of ether oxygens (including phenoxy) is 1. The van der Waals surface area contributed by atoms with Gasteiger partial charge in [-0.2, -0.15) is 11.8 Å². The third-order valence-electron chi connectivity index (χ3n) is 1.28. The second-order valence-corrected chi connectivity index (χ2v) is 3.69. The van der Waals surface area contributed by atoms with Gasteiger partial charge in [-0.15, -0.1) is 0 Å². The van der Waals surface area contributed by atoms with Crippen molar-refractivity contribution in [3.63, 3.8) is 0 Å². The third kappa shape index (κ3) is 9.85. The summed E-state index contributed by atoms with van der Waals surface area (Å²) < 4.78 is 5.32. The first-order chi connectivity index (χ1) is 5.77. The van der Waals surface area contributed by atoms with Crippen LogP contribution < -0.4 is 0 Å². The van der Waals surface area contributed by atoms with Crippen molar-refractivity contribution in [2.45, 2.75) is 19.8 Å². The Balaban J connectivity index is 2.86. The maximum absolute atomic E-state index is 8.74. The second kappa shape index (κ2) is 8.94. The van der Waals surface area contributed by atoms with E-state index in [-0.39, 0.29) is 5.76 Å². The number of hydrogen-bond acceptors (Lipinski definition) is 3. The normalized spacial score (nSPS) is 10.1. The highest BCUT2D eigenvalue weighted by molar-refractivity contribution is 7.99. The highest BCUT2D eigenvalue weighted by atomic mass is 32.2. The van der Waals surface area contributed by atoms with E-state index in [1.165, 1.54) is 6.42 Å². The largest absolute Gasteiger partial charge is 0.512 e. The van der Waals surface area contributed by atoms with Crippen LogP contribution in [0.4, 0.5) is 0 Å². The predicted molar refractivity (Wildman–Crippen MR) is 54.8 cm³/mol. The van der Waals surface area contributed by atoms with Crippen molar-refractivity contribution >= 4 is 11.8 Å². The molecule has 0 rings (SSSR count). The fourth-order valence-corrected chi connectivity index (χ4v) is 1.27. The number of rotatable bonds is 8. The van der Waals surface area contributed by atoms with E-state index in [9.17, 15) is 0 Å². The van der Waals surface area contributed by atoms with Gasteiger partial charge in [0.2, 0.25) is 0 Å². The van der Waals surface area contributed by atoms with Crippen LogP contribution in [0.5, 0.6) is 0 Å². The summed E-state index contributed by atoms with van der Waals surface area (Å²) in [7, 11) is 0. The quantitative estimate of drug-likeness (QED) is 0.471. The number of hydrogen-bond donors (Lipinski definition) is 1. The molecule has 0 amide bonds. The van der Waals surface area contributed by atoms with Crippen LogP contribution >= 0.6 is 11.8 Å². The minimum Gasteiger partial charge on any atom is -0.512 e. The van der Waals surface area contributed by atoms with Crippen molar-refractivity contribution in [1.82, 2.24) is 0 Å². The maximum Gasteiger partial charge on any atom is 0.0949 e. The van der Waals surface area contributed by atoms with Gasteiger partial charge < -0.3 is 9.84 Å². The van der Waals surface area contributed by atoms with Crippen LogP contribution in [0.15, 0.2) is 12.3 Å². The molecule has 0 unspecified atom stereocenters. The van der Waals surface area contributed by atoms with Crippen molar-refractivity contribution in [1.29, 1.82) is 0 Å². The summed E-state index contributed by atoms with van der Waals surface area (Å²) in [5, 5.41) is 8.74. The van der Waals surface area contributed by atoms with E-state index in [4.69, 9.17) is 9.84 Å². The molecule has 0 aromatic heterocycles. The zero-order chi connectivity index (χ0) is 9.23. The zero-order valence-electron chi connectivity index (χ0n) is 7.71. The van der Waals surface area contributed by atoms with Gasteiger partial charge in [0.05, 0.1) is 18.1 Å². The molecule has 12 heavy (non-hydrogen) atoms. The molecule has 0 aliphatic heterocycles. The molecule has 72 valence electrons. The van der Waals surface area contributed by atoms with Gasteiger partial charge in [-0.3, -0.25) is 0 Å². The maximum atomic E-state index is 8.74. The topological polar surface area (TPSA) is 29.5 Å². The van der Waals surface area contributed by atoms with E-state index < -0.39 is 0 Å². The molecule has 0 aromatic rings. The van der Waals surface area contributed by atoms with E-state index in [1.807, 2.05) is 0 Å². The molecule has 0 bridgehead atoms. The summed E-state index contributed by atoms with van der Waals surface area (Å²) in [5.41, 5.74) is 0. The molecule has 0 saturated carbocycles. The van der Waals surface area contributed by atoms with Gasteiger partial charge in [0.15, 0.2) is 0 Å². The first-order valence-corrected chi connectivity index (χ1v) is 5.45. The predicted octanol–water partition coefficient (Wildman–Crippen LogP) is 2.61. The molecule has 3 heteroatoms. The Morgan fingerprint density at radius 1 is 1.50 bits per heavy atom. The number of thioether (sulfide) groups is 1. The molecule has 0 saturated heterocycles. The first kappa shape index (κ1) is 11.8. The highest BCUT2D eigenvalue weighted by Gasteiger charge is 1.91. The van der Waals surface area contributed by atoms with Crippen LogP contribution in [-0.4, -0.2) is 29.8 Å². The molecule has 0 aliphatic rings. The molecule has 0 atom stereocenters. The molecule has 0 aliphatic carbocycles. The Morgan fingerprint density at radius 3 is 2.83 bits per heavy atom. The lowest BCUT2D eigenvalue weighted by Crippen LogP contribution is -1.99. The molecular weight excluding hydrogens is 172 g/mol. The van der Waals surface area contributed by atoms with Gasteiger partial charge in [0.25, 0.3) is 0 Å². The molecule has 2 nitrogen and oxygen atoms in total. The van der Waals surface area contributed by atoms with Crippen LogP contribution in [0.1, 0.15) is 19.8 Å². The van der Waals surface area contributed by atoms with Crippen LogP contribution in [0.25, 0.3) is 0 Å². The Morgan fingerprint density at radius 2 is 2.25 bits per heavy atom. The lowest BCUT2D eigenvalue weighted by Gasteiger charge is -2.02. The lowest BCUT2D eigenvalue weighted by molar-refractivity contribution is 0.147. The Labute approximate surface area is 79.0 Å². The molecule has 0 spiro atoms. The second-order valence-electron chi connectivity index (χ2n) is 2.58. The molecular formula is C9H18O2S. The minimum absolute atomic E-state index is 0.244. The monoisotopic (exact) mass is 190 g/mol. The van der Waals surface area contributed by atoms with Crippen LogP contribution in [0, 0.1) is 0 Å². The summed E-state index contributed by atoms with van der Waals surface area (Å²) in [6, 6.07) is 0. The molecule has 0 radical (unpaired) electrons. The van der Waals surface area contributed by atoms with Gasteiger partial charge >= 0.3 is 0 Å². The van der Waals surface area contributed by atoms with E-state index in [2.05, 4.69) is 13.5 Å². The lowest BCUT2D eigenvalue weighted by atomic mass is 10.4. The molecule has 0 aromatic carbocycles. The SMILES string of the molecule is C=C(O)CSCCOCCCC. The van der Waals surface area contributed by atoms with Crippen molar-refractivity contribution in [2.75, 3.05) is 24.7 Å². The Kier molecular flexibility index (Phi) is 8.83. The fourth-order valence-electron chi connectivity index (χ4n) is 0.656. The van der Waals surface area contributed by atoms with Crippen molar-refractivity contribution < 1.29 is 9.84 Å². The Bertz CT molecular complexity index is 115. The van der Waals surface area contributed by atoms with Crippen molar-refractivity contribution in [3.8, 4) is 0 Å². The fraction of sp³-hybridized carbons (Fsp3) is 0.778. The summed E-state index contributed by atoms with van der Waals surface area (Å²) in [6.45, 7) is 7.18. The summed E-state index contributed by atoms with van der Waals surface area (Å²) in [4.78, 5) is 0. The van der Waals surface area contributed by atoms with Gasteiger partial charge in [-0.25, -0.2) is 0 Å². The molecule has 0 fully saturated rings. The summed E-state index contributed by atoms with van der Waals surface area (Å²) >= 11 is 1.64. The standard InChI is InChI=1S/C9H18O2S/c1-3-4-5-11-6-7-12-8-9(2)10/h10H,2-8H2,1H3. The van der Waals surface area contributed by atoms with Crippen molar-refractivity contribution in [3.05, 3.63) is 12.3 Å². The average molecular weight is 190 g/mol. The van der Waals surface area contributed by atoms with E-state index in [0.717, 1.165) is 25.4 Å². The molecule has 0 heterocycles. The van der Waals surface area contributed by atoms with Crippen LogP contribution in [0.2, 0.25) is 0 Å². The van der Waals surface area contributed by atoms with E-state index in [0.29, 0.717) is 5.75 Å². The Hall–Kier alpha value is -0.150.